The minimum atomic E-state index is -0.303. The highest BCUT2D eigenvalue weighted by Crippen LogP contribution is 2.48. The molecular weight excluding hydrogens is 364 g/mol. The Morgan fingerprint density at radius 3 is 2.32 bits per heavy atom. The van der Waals surface area contributed by atoms with Crippen molar-refractivity contribution in [2.24, 2.45) is 0 Å². The standard InChI is InChI=1S/C25H23O2S/c1-25(15-7-8-16-25)27-24(26)18-13-14-23-21(17-18)20-11-5-6-12-22(20)28(23)19-9-3-2-4-10-19/h2-6,9-14,17H,7-8,15-16H2,1H3/q+1. The Balaban J connectivity index is 1.64. The lowest BCUT2D eigenvalue weighted by Gasteiger charge is -2.24. The molecule has 3 heteroatoms. The predicted octanol–water partition coefficient (Wildman–Crippen LogP) is 7.22. The molecule has 1 fully saturated rings. The average Bonchev–Trinajstić information content (AvgIpc) is 3.29. The maximum absolute atomic E-state index is 12.8. The fourth-order valence-corrected chi connectivity index (χ4v) is 6.73. The van der Waals surface area contributed by atoms with Crippen molar-refractivity contribution >= 4 is 36.6 Å². The summed E-state index contributed by atoms with van der Waals surface area (Å²) in [5, 5.41) is 2.39. The molecule has 1 atom stereocenters. The van der Waals surface area contributed by atoms with E-state index < -0.39 is 0 Å². The Kier molecular flexibility index (Phi) is 4.21. The lowest BCUT2D eigenvalue weighted by Crippen LogP contribution is -2.28. The van der Waals surface area contributed by atoms with Crippen LogP contribution in [0.2, 0.25) is 0 Å². The monoisotopic (exact) mass is 387 g/mol. The van der Waals surface area contributed by atoms with Crippen molar-refractivity contribution in [2.45, 2.75) is 38.2 Å². The third-order valence-electron chi connectivity index (χ3n) is 5.81. The van der Waals surface area contributed by atoms with Crippen LogP contribution in [0.5, 0.6) is 0 Å². The first-order chi connectivity index (χ1) is 13.6. The van der Waals surface area contributed by atoms with Gasteiger partial charge in [0.25, 0.3) is 0 Å². The van der Waals surface area contributed by atoms with Crippen LogP contribution in [0.15, 0.2) is 72.8 Å². The van der Waals surface area contributed by atoms with Gasteiger partial charge in [0.2, 0.25) is 0 Å². The van der Waals surface area contributed by atoms with Crippen LogP contribution >= 0.6 is 10.5 Å². The molecule has 1 unspecified atom stereocenters. The van der Waals surface area contributed by atoms with Crippen LogP contribution in [-0.4, -0.2) is 11.6 Å². The van der Waals surface area contributed by atoms with E-state index in [1.54, 1.807) is 0 Å². The van der Waals surface area contributed by atoms with E-state index in [4.69, 9.17) is 4.74 Å². The van der Waals surface area contributed by atoms with Gasteiger partial charge in [-0.15, -0.1) is 0 Å². The number of hydrogen-bond acceptors (Lipinski definition) is 2. The number of rotatable bonds is 3. The molecule has 2 nitrogen and oxygen atoms in total. The van der Waals surface area contributed by atoms with Crippen LogP contribution in [0, 0.1) is 0 Å². The van der Waals surface area contributed by atoms with Crippen LogP contribution in [0.25, 0.3) is 25.1 Å². The quantitative estimate of drug-likeness (QED) is 0.274. The molecule has 4 aromatic rings. The van der Waals surface area contributed by atoms with Crippen molar-refractivity contribution in [2.75, 3.05) is 0 Å². The van der Waals surface area contributed by atoms with Gasteiger partial charge in [-0.25, -0.2) is 4.79 Å². The van der Waals surface area contributed by atoms with Crippen LogP contribution in [0.3, 0.4) is 0 Å². The topological polar surface area (TPSA) is 26.3 Å². The molecule has 1 aliphatic rings. The molecule has 0 spiro atoms. The van der Waals surface area contributed by atoms with E-state index in [1.165, 1.54) is 19.7 Å². The summed E-state index contributed by atoms with van der Waals surface area (Å²) in [6.07, 6.45) is 4.20. The molecule has 5 rings (SSSR count). The number of hydrogen-bond donors (Lipinski definition) is 0. The van der Waals surface area contributed by atoms with E-state index in [2.05, 4.69) is 67.6 Å². The third kappa shape index (κ3) is 2.91. The van der Waals surface area contributed by atoms with Crippen molar-refractivity contribution < 1.29 is 9.53 Å². The van der Waals surface area contributed by atoms with Gasteiger partial charge in [0.1, 0.15) is 5.60 Å². The summed E-state index contributed by atoms with van der Waals surface area (Å²) >= 11 is 0. The van der Waals surface area contributed by atoms with E-state index in [9.17, 15) is 4.79 Å². The predicted molar refractivity (Wildman–Crippen MR) is 118 cm³/mol. The SMILES string of the molecule is CC1(OC(=O)c2ccc3c(c2)c2ccccc2[s+]3-c2ccccc2)CCCC1. The summed E-state index contributed by atoms with van der Waals surface area (Å²) in [5.41, 5.74) is 0.350. The van der Waals surface area contributed by atoms with Crippen LogP contribution in [0.4, 0.5) is 0 Å². The Bertz CT molecular complexity index is 1170. The summed E-state index contributed by atoms with van der Waals surface area (Å²) < 4.78 is 8.53. The van der Waals surface area contributed by atoms with Gasteiger partial charge in [0.05, 0.1) is 5.56 Å². The first-order valence-electron chi connectivity index (χ1n) is 9.91. The van der Waals surface area contributed by atoms with Crippen LogP contribution in [0.1, 0.15) is 43.0 Å². The second-order valence-electron chi connectivity index (χ2n) is 7.87. The first-order valence-corrected chi connectivity index (χ1v) is 11.1. The molecule has 28 heavy (non-hydrogen) atoms. The maximum Gasteiger partial charge on any atom is 0.338 e. The Morgan fingerprint density at radius 1 is 0.857 bits per heavy atom. The molecule has 0 amide bonds. The van der Waals surface area contributed by atoms with E-state index in [-0.39, 0.29) is 22.0 Å². The van der Waals surface area contributed by atoms with E-state index >= 15 is 0 Å². The summed E-state index contributed by atoms with van der Waals surface area (Å²) in [7, 11) is -0.126. The Labute approximate surface area is 167 Å². The van der Waals surface area contributed by atoms with Crippen LogP contribution in [-0.2, 0) is 4.74 Å². The zero-order valence-corrected chi connectivity index (χ0v) is 16.8. The van der Waals surface area contributed by atoms with Crippen molar-refractivity contribution in [1.82, 2.24) is 0 Å². The molecule has 0 bridgehead atoms. The normalized spacial score (nSPS) is 16.5. The van der Waals surface area contributed by atoms with Gasteiger partial charge in [0.15, 0.2) is 14.3 Å². The maximum atomic E-state index is 12.8. The number of benzene rings is 3. The smallest absolute Gasteiger partial charge is 0.338 e. The minimum absolute atomic E-state index is 0.126. The first kappa shape index (κ1) is 17.4. The fraction of sp³-hybridized carbons (Fsp3) is 0.240. The molecule has 1 heterocycles. The highest BCUT2D eigenvalue weighted by Gasteiger charge is 2.33. The number of ether oxygens (including phenoxy) is 1. The summed E-state index contributed by atoms with van der Waals surface area (Å²) in [5.74, 6) is -0.198. The summed E-state index contributed by atoms with van der Waals surface area (Å²) in [4.78, 5) is 14.2. The molecule has 0 saturated heterocycles. The van der Waals surface area contributed by atoms with Gasteiger partial charge in [0, 0.05) is 21.2 Å². The number of carbonyl (C=O) groups excluding carboxylic acids is 1. The Morgan fingerprint density at radius 2 is 1.54 bits per heavy atom. The fourth-order valence-electron chi connectivity index (χ4n) is 4.35. The highest BCUT2D eigenvalue weighted by molar-refractivity contribution is 7.50. The van der Waals surface area contributed by atoms with Crippen LogP contribution < -0.4 is 0 Å². The Hall–Kier alpha value is -2.65. The summed E-state index contributed by atoms with van der Waals surface area (Å²) in [6.45, 7) is 2.06. The van der Waals surface area contributed by atoms with Crippen molar-refractivity contribution in [3.63, 3.8) is 0 Å². The molecule has 1 aromatic heterocycles. The molecule has 1 aliphatic carbocycles. The molecule has 1 saturated carbocycles. The number of carbonyl (C=O) groups is 1. The van der Waals surface area contributed by atoms with Gasteiger partial charge >= 0.3 is 5.97 Å². The second-order valence-corrected chi connectivity index (χ2v) is 9.84. The van der Waals surface area contributed by atoms with E-state index in [1.807, 2.05) is 12.1 Å². The molecule has 3 aromatic carbocycles. The molecular formula is C25H23O2S+. The number of thiophene rings is 1. The average molecular weight is 388 g/mol. The molecule has 0 aliphatic heterocycles. The van der Waals surface area contributed by atoms with Gasteiger partial charge in [-0.1, -0.05) is 30.3 Å². The van der Waals surface area contributed by atoms with Gasteiger partial charge in [-0.05, 0) is 75.1 Å². The van der Waals surface area contributed by atoms with E-state index in [0.717, 1.165) is 31.1 Å². The number of fused-ring (bicyclic) bond motifs is 3. The molecule has 0 radical (unpaired) electrons. The van der Waals surface area contributed by atoms with E-state index in [0.29, 0.717) is 5.56 Å². The van der Waals surface area contributed by atoms with Gasteiger partial charge < -0.3 is 4.74 Å². The van der Waals surface area contributed by atoms with Crippen molar-refractivity contribution in [1.29, 1.82) is 0 Å². The summed E-state index contributed by atoms with van der Waals surface area (Å²) in [6, 6.07) is 25.3. The molecule has 140 valence electrons. The zero-order chi connectivity index (χ0) is 19.1. The zero-order valence-electron chi connectivity index (χ0n) is 16.0. The highest BCUT2D eigenvalue weighted by atomic mass is 32.2. The molecule has 0 N–H and O–H groups in total. The number of esters is 1. The van der Waals surface area contributed by atoms with Gasteiger partial charge in [-0.2, -0.15) is 0 Å². The second kappa shape index (κ2) is 6.75. The third-order valence-corrected chi connectivity index (χ3v) is 8.15. The van der Waals surface area contributed by atoms with Crippen molar-refractivity contribution in [3.8, 4) is 4.90 Å². The van der Waals surface area contributed by atoms with Gasteiger partial charge in [-0.3, -0.25) is 0 Å². The largest absolute Gasteiger partial charge is 0.456 e. The lowest BCUT2D eigenvalue weighted by atomic mass is 10.1. The lowest BCUT2D eigenvalue weighted by molar-refractivity contribution is -0.00606. The van der Waals surface area contributed by atoms with Crippen molar-refractivity contribution in [3.05, 3.63) is 78.4 Å². The minimum Gasteiger partial charge on any atom is -0.456 e.